The van der Waals surface area contributed by atoms with Gasteiger partial charge in [0, 0.05) is 32.7 Å². The van der Waals surface area contributed by atoms with Gasteiger partial charge in [0.2, 0.25) is 5.96 Å². The monoisotopic (exact) mass is 187 g/mol. The zero-order valence-electron chi connectivity index (χ0n) is 7.69. The zero-order valence-corrected chi connectivity index (χ0v) is 7.69. The first-order valence-corrected chi connectivity index (χ1v) is 4.40. The molecule has 13 heavy (non-hydrogen) atoms. The van der Waals surface area contributed by atoms with Crippen LogP contribution in [0.1, 0.15) is 0 Å². The first-order chi connectivity index (χ1) is 6.22. The Morgan fingerprint density at radius 3 is 2.31 bits per heavy atom. The molecule has 0 atom stereocenters. The predicted molar refractivity (Wildman–Crippen MR) is 50.9 cm³/mol. The van der Waals surface area contributed by atoms with E-state index in [4.69, 9.17) is 16.6 Å². The maximum Gasteiger partial charge on any atom is 0.208 e. The van der Waals surface area contributed by atoms with Crippen LogP contribution in [0.4, 0.5) is 0 Å². The number of guanidine groups is 1. The Labute approximate surface area is 77.8 Å². The van der Waals surface area contributed by atoms with E-state index >= 15 is 0 Å². The maximum atomic E-state index is 8.71. The molecule has 1 fully saturated rings. The molecular weight excluding hydrogens is 170 g/mol. The molecule has 0 unspecified atom stereocenters. The quantitative estimate of drug-likeness (QED) is 0.344. The number of hydrogen-bond donors (Lipinski definition) is 3. The predicted octanol–water partition coefficient (Wildman–Crippen LogP) is -2.22. The van der Waals surface area contributed by atoms with Gasteiger partial charge in [0.15, 0.2) is 0 Å². The van der Waals surface area contributed by atoms with Crippen LogP contribution in [0.2, 0.25) is 0 Å². The summed E-state index contributed by atoms with van der Waals surface area (Å²) in [5.41, 5.74) is 10.5. The Morgan fingerprint density at radius 2 is 1.85 bits per heavy atom. The molecule has 1 aliphatic heterocycles. The minimum Gasteiger partial charge on any atom is -0.395 e. The molecule has 1 rings (SSSR count). The molecule has 6 nitrogen and oxygen atoms in total. The number of aliphatic hydroxyl groups excluding tert-OH is 1. The lowest BCUT2D eigenvalue weighted by Crippen LogP contribution is -2.46. The van der Waals surface area contributed by atoms with Gasteiger partial charge in [-0.1, -0.05) is 0 Å². The lowest BCUT2D eigenvalue weighted by molar-refractivity contribution is 0.115. The van der Waals surface area contributed by atoms with Crippen LogP contribution in [0.25, 0.3) is 0 Å². The number of aliphatic hydroxyl groups is 1. The second-order valence-corrected chi connectivity index (χ2v) is 3.04. The smallest absolute Gasteiger partial charge is 0.208 e. The third kappa shape index (κ3) is 3.47. The van der Waals surface area contributed by atoms with Gasteiger partial charge in [-0.25, -0.2) is 0 Å². The van der Waals surface area contributed by atoms with Crippen molar-refractivity contribution in [3.05, 3.63) is 0 Å². The van der Waals surface area contributed by atoms with Crippen LogP contribution >= 0.6 is 0 Å². The Kier molecular flexibility index (Phi) is 3.78. The fourth-order valence-electron chi connectivity index (χ4n) is 1.37. The molecule has 0 aromatic carbocycles. The summed E-state index contributed by atoms with van der Waals surface area (Å²) in [7, 11) is 0. The summed E-state index contributed by atoms with van der Waals surface area (Å²) in [6.45, 7) is 4.38. The van der Waals surface area contributed by atoms with Crippen molar-refractivity contribution >= 4 is 5.96 Å². The molecule has 0 saturated carbocycles. The molecule has 1 saturated heterocycles. The number of nitrogens with zero attached hydrogens (tertiary/aromatic N) is 3. The Morgan fingerprint density at radius 1 is 1.23 bits per heavy atom. The van der Waals surface area contributed by atoms with Gasteiger partial charge in [-0.3, -0.25) is 9.91 Å². The molecule has 76 valence electrons. The van der Waals surface area contributed by atoms with Crippen molar-refractivity contribution in [2.24, 2.45) is 16.6 Å². The molecule has 5 N–H and O–H groups in total. The van der Waals surface area contributed by atoms with Crippen molar-refractivity contribution in [1.29, 1.82) is 0 Å². The lowest BCUT2D eigenvalue weighted by atomic mass is 10.3. The molecule has 0 bridgehead atoms. The molecule has 0 aromatic rings. The molecular formula is C7H17N5O. The highest BCUT2D eigenvalue weighted by atomic mass is 16.3. The zero-order chi connectivity index (χ0) is 9.68. The maximum absolute atomic E-state index is 8.71. The van der Waals surface area contributed by atoms with Gasteiger partial charge in [0.1, 0.15) is 0 Å². The molecule has 0 aromatic heterocycles. The minimum absolute atomic E-state index is 0.107. The third-order valence-electron chi connectivity index (χ3n) is 2.02. The summed E-state index contributed by atoms with van der Waals surface area (Å²) >= 11 is 0. The van der Waals surface area contributed by atoms with Crippen LogP contribution in [0.15, 0.2) is 5.10 Å². The van der Waals surface area contributed by atoms with Crippen molar-refractivity contribution in [3.63, 3.8) is 0 Å². The summed E-state index contributed by atoms with van der Waals surface area (Å²) in [6, 6.07) is 0. The van der Waals surface area contributed by atoms with Gasteiger partial charge < -0.3 is 16.6 Å². The van der Waals surface area contributed by atoms with Crippen molar-refractivity contribution < 1.29 is 5.11 Å². The van der Waals surface area contributed by atoms with Gasteiger partial charge in [0.25, 0.3) is 0 Å². The Bertz CT molecular complexity index is 172. The number of piperazine rings is 1. The highest BCUT2D eigenvalue weighted by Gasteiger charge is 2.14. The van der Waals surface area contributed by atoms with Gasteiger partial charge >= 0.3 is 0 Å². The van der Waals surface area contributed by atoms with E-state index < -0.39 is 0 Å². The summed E-state index contributed by atoms with van der Waals surface area (Å²) < 4.78 is 0. The van der Waals surface area contributed by atoms with E-state index in [2.05, 4.69) is 10.0 Å². The molecule has 1 aliphatic rings. The van der Waals surface area contributed by atoms with Gasteiger partial charge in [-0.15, -0.1) is 5.10 Å². The SMILES string of the molecule is NC(N)=NN1CCN(CCO)CC1. The average Bonchev–Trinajstić information content (AvgIpc) is 2.08. The van der Waals surface area contributed by atoms with Crippen molar-refractivity contribution in [2.75, 3.05) is 39.3 Å². The standard InChI is InChI=1S/C7H17N5O/c8-7(9)10-12-3-1-11(2-4-12)5-6-13/h13H,1-6H2,(H4,8,9,10). The first-order valence-electron chi connectivity index (χ1n) is 4.40. The van der Waals surface area contributed by atoms with Crippen LogP contribution in [0.3, 0.4) is 0 Å². The number of nitrogens with two attached hydrogens (primary N) is 2. The molecule has 0 spiro atoms. The largest absolute Gasteiger partial charge is 0.395 e. The van der Waals surface area contributed by atoms with Crippen LogP contribution in [0.5, 0.6) is 0 Å². The van der Waals surface area contributed by atoms with E-state index in [-0.39, 0.29) is 12.6 Å². The van der Waals surface area contributed by atoms with E-state index in [1.807, 2.05) is 5.01 Å². The van der Waals surface area contributed by atoms with Gasteiger partial charge in [-0.2, -0.15) is 0 Å². The van der Waals surface area contributed by atoms with Crippen molar-refractivity contribution in [1.82, 2.24) is 9.91 Å². The van der Waals surface area contributed by atoms with E-state index in [0.29, 0.717) is 0 Å². The second kappa shape index (κ2) is 4.88. The van der Waals surface area contributed by atoms with E-state index in [0.717, 1.165) is 32.7 Å². The molecule has 0 amide bonds. The Hall–Kier alpha value is -1.01. The fourth-order valence-corrected chi connectivity index (χ4v) is 1.37. The highest BCUT2D eigenvalue weighted by Crippen LogP contribution is 2.00. The number of hydrazone groups is 1. The summed E-state index contributed by atoms with van der Waals surface area (Å²) in [4.78, 5) is 2.18. The van der Waals surface area contributed by atoms with Crippen LogP contribution in [0, 0.1) is 0 Å². The second-order valence-electron chi connectivity index (χ2n) is 3.04. The lowest BCUT2D eigenvalue weighted by Gasteiger charge is -2.32. The molecule has 6 heteroatoms. The topological polar surface area (TPSA) is 91.1 Å². The highest BCUT2D eigenvalue weighted by molar-refractivity contribution is 5.75. The average molecular weight is 187 g/mol. The van der Waals surface area contributed by atoms with Gasteiger partial charge in [0.05, 0.1) is 6.61 Å². The number of hydrogen-bond acceptors (Lipinski definition) is 4. The van der Waals surface area contributed by atoms with Crippen LogP contribution < -0.4 is 11.5 Å². The van der Waals surface area contributed by atoms with E-state index in [1.165, 1.54) is 0 Å². The van der Waals surface area contributed by atoms with E-state index in [1.54, 1.807) is 0 Å². The fraction of sp³-hybridized carbons (Fsp3) is 0.857. The summed E-state index contributed by atoms with van der Waals surface area (Å²) in [6.07, 6.45) is 0. The van der Waals surface area contributed by atoms with Crippen LogP contribution in [-0.4, -0.2) is 60.3 Å². The normalized spacial score (nSPS) is 18.7. The van der Waals surface area contributed by atoms with E-state index in [9.17, 15) is 0 Å². The van der Waals surface area contributed by atoms with Crippen molar-refractivity contribution in [3.8, 4) is 0 Å². The van der Waals surface area contributed by atoms with Gasteiger partial charge in [-0.05, 0) is 0 Å². The summed E-state index contributed by atoms with van der Waals surface area (Å²) in [5.74, 6) is 0.107. The molecule has 0 aliphatic carbocycles. The number of rotatable bonds is 3. The van der Waals surface area contributed by atoms with Crippen LogP contribution in [-0.2, 0) is 0 Å². The Balaban J connectivity index is 2.26. The third-order valence-corrected chi connectivity index (χ3v) is 2.02. The van der Waals surface area contributed by atoms with Crippen molar-refractivity contribution in [2.45, 2.75) is 0 Å². The molecule has 1 heterocycles. The summed E-state index contributed by atoms with van der Waals surface area (Å²) in [5, 5.41) is 14.5. The minimum atomic E-state index is 0.107. The first kappa shape index (κ1) is 10.1. The molecule has 0 radical (unpaired) electrons. The number of β-amino-alcohol motifs (C(OH)–C–C–N with tert-alkyl or cyclic N) is 1.